The van der Waals surface area contributed by atoms with E-state index in [1.807, 2.05) is 59.7 Å². The molecule has 4 nitrogen and oxygen atoms in total. The first-order valence-corrected chi connectivity index (χ1v) is 7.96. The number of carbonyl (C=O) groups excluding carboxylic acids is 1. The van der Waals surface area contributed by atoms with E-state index in [-0.39, 0.29) is 17.4 Å². The fraction of sp³-hybridized carbons (Fsp3) is 0.611. The predicted molar refractivity (Wildman–Crippen MR) is 90.8 cm³/mol. The summed E-state index contributed by atoms with van der Waals surface area (Å²) in [6, 6.07) is 5.54. The van der Waals surface area contributed by atoms with E-state index < -0.39 is 6.04 Å². The van der Waals surface area contributed by atoms with Gasteiger partial charge in [0.15, 0.2) is 0 Å². The second kappa shape index (κ2) is 7.63. The lowest BCUT2D eigenvalue weighted by Gasteiger charge is -2.24. The quantitative estimate of drug-likeness (QED) is 0.848. The summed E-state index contributed by atoms with van der Waals surface area (Å²) in [5.41, 5.74) is 7.77. The van der Waals surface area contributed by atoms with Crippen molar-refractivity contribution in [1.29, 1.82) is 0 Å². The maximum absolute atomic E-state index is 12.1. The molecule has 0 saturated heterocycles. The van der Waals surface area contributed by atoms with Crippen LogP contribution in [0.5, 0.6) is 5.75 Å². The zero-order valence-electron chi connectivity index (χ0n) is 14.7. The molecule has 2 atom stereocenters. The van der Waals surface area contributed by atoms with Crippen molar-refractivity contribution in [3.63, 3.8) is 0 Å². The first-order chi connectivity index (χ1) is 10.1. The zero-order valence-corrected chi connectivity index (χ0v) is 14.7. The first-order valence-electron chi connectivity index (χ1n) is 7.96. The molecule has 0 aromatic heterocycles. The normalized spacial score (nSPS) is 14.3. The molecule has 0 bridgehead atoms. The van der Waals surface area contributed by atoms with Crippen LogP contribution in [0.4, 0.5) is 0 Å². The number of benzene rings is 1. The molecule has 0 aliphatic rings. The van der Waals surface area contributed by atoms with Crippen LogP contribution in [0.25, 0.3) is 0 Å². The van der Waals surface area contributed by atoms with Gasteiger partial charge in [-0.25, -0.2) is 0 Å². The Hall–Kier alpha value is -1.55. The molecule has 0 aliphatic heterocycles. The number of hydrogen-bond acceptors (Lipinski definition) is 3. The highest BCUT2D eigenvalue weighted by atomic mass is 16.5. The number of ether oxygens (including phenoxy) is 1. The lowest BCUT2D eigenvalue weighted by atomic mass is 9.99. The summed E-state index contributed by atoms with van der Waals surface area (Å²) in [6.45, 7) is 12.5. The van der Waals surface area contributed by atoms with Crippen molar-refractivity contribution >= 4 is 5.91 Å². The molecule has 22 heavy (non-hydrogen) atoms. The van der Waals surface area contributed by atoms with Crippen LogP contribution in [0.1, 0.15) is 52.2 Å². The molecule has 1 rings (SSSR count). The summed E-state index contributed by atoms with van der Waals surface area (Å²) < 4.78 is 5.99. The Morgan fingerprint density at radius 2 is 2.00 bits per heavy atom. The number of amides is 1. The van der Waals surface area contributed by atoms with Gasteiger partial charge in [0.2, 0.25) is 5.91 Å². The zero-order chi connectivity index (χ0) is 16.9. The molecule has 0 aliphatic carbocycles. The van der Waals surface area contributed by atoms with Gasteiger partial charge in [-0.1, -0.05) is 32.4 Å². The molecular formula is C18H30N2O2. The van der Waals surface area contributed by atoms with E-state index in [4.69, 9.17) is 10.5 Å². The molecular weight excluding hydrogens is 276 g/mol. The van der Waals surface area contributed by atoms with Crippen molar-refractivity contribution in [3.8, 4) is 5.75 Å². The Balaban J connectivity index is 2.79. The molecule has 0 fully saturated rings. The summed E-state index contributed by atoms with van der Waals surface area (Å²) in [5.74, 6) is 0.866. The lowest BCUT2D eigenvalue weighted by molar-refractivity contribution is -0.123. The molecule has 124 valence electrons. The maximum atomic E-state index is 12.1. The molecule has 0 saturated carbocycles. The van der Waals surface area contributed by atoms with Crippen molar-refractivity contribution in [2.45, 2.75) is 66.2 Å². The third kappa shape index (κ3) is 5.68. The van der Waals surface area contributed by atoms with Gasteiger partial charge in [-0.15, -0.1) is 0 Å². The van der Waals surface area contributed by atoms with E-state index in [2.05, 4.69) is 5.32 Å². The maximum Gasteiger partial charge on any atom is 0.237 e. The SMILES string of the molecule is CCC(C)C(N)C(=O)NCc1ccc(C)cc1OC(C)(C)C. The Labute approximate surface area is 134 Å². The third-order valence-electron chi connectivity index (χ3n) is 3.65. The van der Waals surface area contributed by atoms with Crippen molar-refractivity contribution in [1.82, 2.24) is 5.32 Å². The van der Waals surface area contributed by atoms with Crippen molar-refractivity contribution in [2.24, 2.45) is 11.7 Å². The van der Waals surface area contributed by atoms with Gasteiger partial charge in [-0.3, -0.25) is 4.79 Å². The minimum Gasteiger partial charge on any atom is -0.488 e. The fourth-order valence-electron chi connectivity index (χ4n) is 2.05. The molecule has 0 radical (unpaired) electrons. The standard InChI is InChI=1S/C18H30N2O2/c1-7-13(3)16(19)17(21)20-11-14-9-8-12(2)10-15(14)22-18(4,5)6/h8-10,13,16H,7,11,19H2,1-6H3,(H,20,21). The van der Waals surface area contributed by atoms with Crippen LogP contribution >= 0.6 is 0 Å². The summed E-state index contributed by atoms with van der Waals surface area (Å²) in [4.78, 5) is 12.1. The minimum atomic E-state index is -0.470. The molecule has 1 aromatic rings. The number of aryl methyl sites for hydroxylation is 1. The summed E-state index contributed by atoms with van der Waals surface area (Å²) in [6.07, 6.45) is 0.886. The molecule has 4 heteroatoms. The highest BCUT2D eigenvalue weighted by Crippen LogP contribution is 2.24. The molecule has 3 N–H and O–H groups in total. The fourth-order valence-corrected chi connectivity index (χ4v) is 2.05. The van der Waals surface area contributed by atoms with Crippen LogP contribution in [0.2, 0.25) is 0 Å². The largest absolute Gasteiger partial charge is 0.488 e. The van der Waals surface area contributed by atoms with Crippen LogP contribution in [0.3, 0.4) is 0 Å². The average Bonchev–Trinajstić information content (AvgIpc) is 2.42. The van der Waals surface area contributed by atoms with Gasteiger partial charge in [0.25, 0.3) is 0 Å². The lowest BCUT2D eigenvalue weighted by Crippen LogP contribution is -2.44. The third-order valence-corrected chi connectivity index (χ3v) is 3.65. The van der Waals surface area contributed by atoms with E-state index in [1.54, 1.807) is 0 Å². The van der Waals surface area contributed by atoms with E-state index in [0.717, 1.165) is 23.3 Å². The van der Waals surface area contributed by atoms with Crippen LogP contribution in [-0.4, -0.2) is 17.6 Å². The van der Waals surface area contributed by atoms with E-state index in [9.17, 15) is 4.79 Å². The van der Waals surface area contributed by atoms with Gasteiger partial charge in [0.05, 0.1) is 6.04 Å². The Morgan fingerprint density at radius 3 is 2.55 bits per heavy atom. The van der Waals surface area contributed by atoms with E-state index in [1.165, 1.54) is 0 Å². The van der Waals surface area contributed by atoms with E-state index >= 15 is 0 Å². The average molecular weight is 306 g/mol. The highest BCUT2D eigenvalue weighted by Gasteiger charge is 2.20. The number of rotatable bonds is 6. The first kappa shape index (κ1) is 18.5. The number of nitrogens with one attached hydrogen (secondary N) is 1. The number of carbonyl (C=O) groups is 1. The number of hydrogen-bond donors (Lipinski definition) is 2. The minimum absolute atomic E-state index is 0.114. The van der Waals surface area contributed by atoms with Gasteiger partial charge in [0.1, 0.15) is 11.4 Å². The molecule has 0 spiro atoms. The molecule has 0 heterocycles. The summed E-state index contributed by atoms with van der Waals surface area (Å²) in [7, 11) is 0. The predicted octanol–water partition coefficient (Wildman–Crippen LogP) is 3.16. The van der Waals surface area contributed by atoms with Gasteiger partial charge in [0, 0.05) is 12.1 Å². The highest BCUT2D eigenvalue weighted by molar-refractivity contribution is 5.81. The van der Waals surface area contributed by atoms with Crippen molar-refractivity contribution in [3.05, 3.63) is 29.3 Å². The van der Waals surface area contributed by atoms with E-state index in [0.29, 0.717) is 6.54 Å². The summed E-state index contributed by atoms with van der Waals surface area (Å²) >= 11 is 0. The molecule has 1 amide bonds. The van der Waals surface area contributed by atoms with Gasteiger partial charge >= 0.3 is 0 Å². The monoisotopic (exact) mass is 306 g/mol. The van der Waals surface area contributed by atoms with Gasteiger partial charge in [-0.05, 0) is 45.2 Å². The van der Waals surface area contributed by atoms with Crippen LogP contribution in [0, 0.1) is 12.8 Å². The smallest absolute Gasteiger partial charge is 0.237 e. The molecule has 1 aromatic carbocycles. The van der Waals surface area contributed by atoms with Crippen molar-refractivity contribution in [2.75, 3.05) is 0 Å². The Bertz CT molecular complexity index is 506. The molecule has 2 unspecified atom stereocenters. The summed E-state index contributed by atoms with van der Waals surface area (Å²) in [5, 5.41) is 2.92. The van der Waals surface area contributed by atoms with Crippen molar-refractivity contribution < 1.29 is 9.53 Å². The van der Waals surface area contributed by atoms with Crippen LogP contribution in [-0.2, 0) is 11.3 Å². The topological polar surface area (TPSA) is 64.4 Å². The second-order valence-corrected chi connectivity index (χ2v) is 6.95. The number of nitrogens with two attached hydrogens (primary N) is 1. The van der Waals surface area contributed by atoms with Gasteiger partial charge in [-0.2, -0.15) is 0 Å². The van der Waals surface area contributed by atoms with Gasteiger partial charge < -0.3 is 15.8 Å². The second-order valence-electron chi connectivity index (χ2n) is 6.95. The Kier molecular flexibility index (Phi) is 6.42. The van der Waals surface area contributed by atoms with Crippen LogP contribution < -0.4 is 15.8 Å². The Morgan fingerprint density at radius 1 is 1.36 bits per heavy atom. The van der Waals surface area contributed by atoms with Crippen LogP contribution in [0.15, 0.2) is 18.2 Å².